The summed E-state index contributed by atoms with van der Waals surface area (Å²) < 4.78 is 2.18. The highest BCUT2D eigenvalue weighted by molar-refractivity contribution is 7.99. The second-order valence-electron chi connectivity index (χ2n) is 7.89. The number of amides is 1. The largest absolute Gasteiger partial charge is 0.324 e. The first-order valence-corrected chi connectivity index (χ1v) is 11.9. The Morgan fingerprint density at radius 2 is 2.16 bits per heavy atom. The van der Waals surface area contributed by atoms with Gasteiger partial charge in [-0.2, -0.15) is 5.26 Å². The van der Waals surface area contributed by atoms with Gasteiger partial charge in [0.25, 0.3) is 0 Å². The van der Waals surface area contributed by atoms with Gasteiger partial charge in [0.2, 0.25) is 5.91 Å². The fourth-order valence-corrected chi connectivity index (χ4v) is 5.04. The molecule has 4 rings (SSSR count). The lowest BCUT2D eigenvalue weighted by atomic mass is 9.85. The summed E-state index contributed by atoms with van der Waals surface area (Å²) in [7, 11) is 0. The molecule has 1 saturated carbocycles. The number of aromatic nitrogens is 4. The predicted molar refractivity (Wildman–Crippen MR) is 125 cm³/mol. The maximum atomic E-state index is 12.6. The quantitative estimate of drug-likeness (QED) is 0.492. The minimum atomic E-state index is -0.233. The van der Waals surface area contributed by atoms with Crippen molar-refractivity contribution < 1.29 is 4.79 Å². The Morgan fingerprint density at radius 1 is 1.31 bits per heavy atom. The number of nitriles is 1. The van der Waals surface area contributed by atoms with Gasteiger partial charge in [0.15, 0.2) is 11.0 Å². The van der Waals surface area contributed by atoms with Crippen LogP contribution in [0.5, 0.6) is 0 Å². The summed E-state index contributed by atoms with van der Waals surface area (Å²) >= 11 is 7.36. The molecule has 1 aliphatic rings. The van der Waals surface area contributed by atoms with Crippen LogP contribution in [-0.2, 0) is 4.79 Å². The second-order valence-corrected chi connectivity index (χ2v) is 9.26. The molecule has 1 aliphatic carbocycles. The van der Waals surface area contributed by atoms with Gasteiger partial charge in [0, 0.05) is 29.0 Å². The van der Waals surface area contributed by atoms with Crippen LogP contribution in [0.25, 0.3) is 11.4 Å². The maximum absolute atomic E-state index is 12.6. The van der Waals surface area contributed by atoms with Crippen molar-refractivity contribution >= 4 is 35.0 Å². The molecule has 2 aromatic heterocycles. The fraction of sp³-hybridized carbons (Fsp3) is 0.348. The summed E-state index contributed by atoms with van der Waals surface area (Å²) in [5.41, 5.74) is 1.68. The first kappa shape index (κ1) is 22.3. The lowest BCUT2D eigenvalue weighted by Gasteiger charge is -2.31. The minimum Gasteiger partial charge on any atom is -0.324 e. The molecule has 7 nitrogen and oxygen atoms in total. The molecule has 1 fully saturated rings. The van der Waals surface area contributed by atoms with E-state index in [0.717, 1.165) is 30.7 Å². The number of nitrogens with zero attached hydrogens (tertiary/aromatic N) is 5. The molecule has 0 unspecified atom stereocenters. The normalized spacial score (nSPS) is 18.2. The van der Waals surface area contributed by atoms with Crippen LogP contribution < -0.4 is 5.32 Å². The molecule has 3 aromatic rings. The standard InChI is InChI=1S/C23H23ClN6OS/c1-15-5-2-3-7-20(15)30-22(17-6-4-10-26-13-17)28-29-23(30)32-14-21(31)27-19-11-18(24)9-8-16(19)12-25/h4,6,8-11,13,15,20H,2-3,5,7,14H2,1H3,(H,27,31)/t15-,20-/m1/s1. The Hall–Kier alpha value is -2.89. The Bertz CT molecular complexity index is 1140. The lowest BCUT2D eigenvalue weighted by molar-refractivity contribution is -0.113. The van der Waals surface area contributed by atoms with Gasteiger partial charge in [0.1, 0.15) is 6.07 Å². The molecule has 1 aromatic carbocycles. The van der Waals surface area contributed by atoms with E-state index in [0.29, 0.717) is 27.3 Å². The van der Waals surface area contributed by atoms with Gasteiger partial charge < -0.3 is 5.32 Å². The van der Waals surface area contributed by atoms with Gasteiger partial charge in [-0.15, -0.1) is 10.2 Å². The van der Waals surface area contributed by atoms with E-state index in [1.54, 1.807) is 30.6 Å². The number of carbonyl (C=O) groups excluding carboxylic acids is 1. The summed E-state index contributed by atoms with van der Waals surface area (Å²) in [5, 5.41) is 22.1. The first-order chi connectivity index (χ1) is 15.6. The Labute approximate surface area is 196 Å². The average molecular weight is 467 g/mol. The maximum Gasteiger partial charge on any atom is 0.234 e. The summed E-state index contributed by atoms with van der Waals surface area (Å²) in [6.07, 6.45) is 8.13. The zero-order chi connectivity index (χ0) is 22.5. The van der Waals surface area contributed by atoms with E-state index in [1.165, 1.54) is 18.2 Å². The first-order valence-electron chi connectivity index (χ1n) is 10.5. The average Bonchev–Trinajstić information content (AvgIpc) is 3.22. The Balaban J connectivity index is 1.56. The van der Waals surface area contributed by atoms with Crippen LogP contribution >= 0.6 is 23.4 Å². The number of carbonyl (C=O) groups is 1. The summed E-state index contributed by atoms with van der Waals surface area (Å²) in [4.78, 5) is 16.9. The van der Waals surface area contributed by atoms with Gasteiger partial charge in [0.05, 0.1) is 17.0 Å². The number of halogens is 1. The molecule has 0 spiro atoms. The monoisotopic (exact) mass is 466 g/mol. The summed E-state index contributed by atoms with van der Waals surface area (Å²) in [6.45, 7) is 2.26. The van der Waals surface area contributed by atoms with Crippen LogP contribution in [0.15, 0.2) is 47.9 Å². The zero-order valence-corrected chi connectivity index (χ0v) is 19.2. The minimum absolute atomic E-state index is 0.143. The molecule has 1 N–H and O–H groups in total. The molecule has 32 heavy (non-hydrogen) atoms. The topological polar surface area (TPSA) is 96.5 Å². The number of nitrogens with one attached hydrogen (secondary N) is 1. The zero-order valence-electron chi connectivity index (χ0n) is 17.7. The van der Waals surface area contributed by atoms with Gasteiger partial charge in [-0.05, 0) is 49.1 Å². The van der Waals surface area contributed by atoms with Gasteiger partial charge in [-0.1, -0.05) is 43.1 Å². The van der Waals surface area contributed by atoms with Crippen LogP contribution in [0.2, 0.25) is 5.02 Å². The van der Waals surface area contributed by atoms with E-state index in [4.69, 9.17) is 11.6 Å². The van der Waals surface area contributed by atoms with Crippen molar-refractivity contribution in [1.82, 2.24) is 19.7 Å². The van der Waals surface area contributed by atoms with E-state index in [1.807, 2.05) is 12.1 Å². The van der Waals surface area contributed by atoms with E-state index in [2.05, 4.69) is 38.1 Å². The van der Waals surface area contributed by atoms with Crippen LogP contribution in [-0.4, -0.2) is 31.4 Å². The van der Waals surface area contributed by atoms with Gasteiger partial charge in [-0.3, -0.25) is 14.3 Å². The number of rotatable bonds is 6. The highest BCUT2D eigenvalue weighted by Crippen LogP contribution is 2.38. The predicted octanol–water partition coefficient (Wildman–Crippen LogP) is 5.35. The third kappa shape index (κ3) is 4.95. The number of hydrogen-bond acceptors (Lipinski definition) is 6. The molecule has 0 radical (unpaired) electrons. The molecule has 0 bridgehead atoms. The van der Waals surface area contributed by atoms with Crippen molar-refractivity contribution in [3.8, 4) is 17.5 Å². The van der Waals surface area contributed by atoms with Gasteiger partial charge >= 0.3 is 0 Å². The van der Waals surface area contributed by atoms with E-state index in [-0.39, 0.29) is 17.7 Å². The fourth-order valence-electron chi connectivity index (χ4n) is 4.08. The molecular weight excluding hydrogens is 444 g/mol. The van der Waals surface area contributed by atoms with Crippen molar-refractivity contribution in [2.45, 2.75) is 43.8 Å². The number of hydrogen-bond donors (Lipinski definition) is 1. The number of anilines is 1. The smallest absolute Gasteiger partial charge is 0.234 e. The second kappa shape index (κ2) is 10.2. The van der Waals surface area contributed by atoms with Crippen LogP contribution in [0.4, 0.5) is 5.69 Å². The number of thioether (sulfide) groups is 1. The number of benzene rings is 1. The molecule has 0 aliphatic heterocycles. The summed E-state index contributed by atoms with van der Waals surface area (Å²) in [6, 6.07) is 11.0. The SMILES string of the molecule is C[C@@H]1CCCC[C@H]1n1c(SCC(=O)Nc2cc(Cl)ccc2C#N)nnc1-c1cccnc1. The van der Waals surface area contributed by atoms with Crippen LogP contribution in [0.3, 0.4) is 0 Å². The van der Waals surface area contributed by atoms with Crippen molar-refractivity contribution in [2.75, 3.05) is 11.1 Å². The molecule has 2 heterocycles. The van der Waals surface area contributed by atoms with Crippen molar-refractivity contribution in [1.29, 1.82) is 5.26 Å². The van der Waals surface area contributed by atoms with E-state index < -0.39 is 0 Å². The highest BCUT2D eigenvalue weighted by Gasteiger charge is 2.29. The molecule has 9 heteroatoms. The Morgan fingerprint density at radius 3 is 2.91 bits per heavy atom. The lowest BCUT2D eigenvalue weighted by Crippen LogP contribution is -2.23. The van der Waals surface area contributed by atoms with Crippen molar-refractivity contribution in [3.05, 3.63) is 53.3 Å². The van der Waals surface area contributed by atoms with E-state index >= 15 is 0 Å². The third-order valence-electron chi connectivity index (χ3n) is 5.69. The van der Waals surface area contributed by atoms with E-state index in [9.17, 15) is 10.1 Å². The van der Waals surface area contributed by atoms with Crippen molar-refractivity contribution in [3.63, 3.8) is 0 Å². The highest BCUT2D eigenvalue weighted by atomic mass is 35.5. The third-order valence-corrected chi connectivity index (χ3v) is 6.87. The Kier molecular flexibility index (Phi) is 7.08. The van der Waals surface area contributed by atoms with Crippen LogP contribution in [0.1, 0.15) is 44.2 Å². The van der Waals surface area contributed by atoms with Gasteiger partial charge in [-0.25, -0.2) is 0 Å². The molecule has 2 atom stereocenters. The molecule has 1 amide bonds. The molecule has 0 saturated heterocycles. The summed E-state index contributed by atoms with van der Waals surface area (Å²) in [5.74, 6) is 1.18. The number of pyridine rings is 1. The molecular formula is C23H23ClN6OS. The van der Waals surface area contributed by atoms with Crippen molar-refractivity contribution in [2.24, 2.45) is 5.92 Å². The molecule has 164 valence electrons. The van der Waals surface area contributed by atoms with Crippen LogP contribution in [0, 0.1) is 17.2 Å².